The van der Waals surface area contributed by atoms with Crippen molar-refractivity contribution in [3.63, 3.8) is 0 Å². The molecular weight excluding hydrogens is 202 g/mol. The molecule has 1 N–H and O–H groups in total. The average Bonchev–Trinajstić information content (AvgIpc) is 3.01. The molecule has 2 unspecified atom stereocenters. The van der Waals surface area contributed by atoms with E-state index in [-0.39, 0.29) is 0 Å². The van der Waals surface area contributed by atoms with Crippen LogP contribution in [0.15, 0.2) is 0 Å². The predicted octanol–water partition coefficient (Wildman–Crippen LogP) is 2.36. The average molecular weight is 225 g/mol. The number of carboxylic acid groups (broad SMARTS) is 1. The summed E-state index contributed by atoms with van der Waals surface area (Å²) in [5.74, 6) is 0.712. The standard InChI is InChI=1S/C13H23NO2/c1-10(7-11-4-5-11)14-6-2-3-12(9-14)8-13(15)16/h10-12H,2-9H2,1H3,(H,15,16). The van der Waals surface area contributed by atoms with Crippen LogP contribution in [0.2, 0.25) is 0 Å². The predicted molar refractivity (Wildman–Crippen MR) is 63.4 cm³/mol. The fourth-order valence-corrected chi connectivity index (χ4v) is 2.90. The SMILES string of the molecule is CC(CC1CC1)N1CCCC(CC(=O)O)C1. The van der Waals surface area contributed by atoms with E-state index in [2.05, 4.69) is 11.8 Å². The van der Waals surface area contributed by atoms with Gasteiger partial charge < -0.3 is 10.0 Å². The summed E-state index contributed by atoms with van der Waals surface area (Å²) in [6.45, 7) is 4.48. The first-order valence-corrected chi connectivity index (χ1v) is 6.61. The lowest BCUT2D eigenvalue weighted by molar-refractivity contribution is -0.138. The van der Waals surface area contributed by atoms with E-state index in [0.717, 1.165) is 18.9 Å². The van der Waals surface area contributed by atoms with Crippen LogP contribution in [0.4, 0.5) is 0 Å². The highest BCUT2D eigenvalue weighted by Crippen LogP contribution is 2.35. The lowest BCUT2D eigenvalue weighted by atomic mass is 9.93. The molecule has 2 fully saturated rings. The van der Waals surface area contributed by atoms with E-state index in [9.17, 15) is 4.79 Å². The Kier molecular flexibility index (Phi) is 3.85. The van der Waals surface area contributed by atoms with Crippen LogP contribution in [0.1, 0.15) is 45.4 Å². The molecule has 92 valence electrons. The summed E-state index contributed by atoms with van der Waals surface area (Å²) in [7, 11) is 0. The second-order valence-corrected chi connectivity index (χ2v) is 5.63. The van der Waals surface area contributed by atoms with Gasteiger partial charge in [-0.2, -0.15) is 0 Å². The molecule has 0 spiro atoms. The van der Waals surface area contributed by atoms with Crippen LogP contribution in [-0.4, -0.2) is 35.1 Å². The molecule has 2 rings (SSSR count). The van der Waals surface area contributed by atoms with Gasteiger partial charge in [-0.05, 0) is 44.6 Å². The Morgan fingerprint density at radius 1 is 1.38 bits per heavy atom. The Labute approximate surface area is 97.8 Å². The highest BCUT2D eigenvalue weighted by molar-refractivity contribution is 5.67. The summed E-state index contributed by atoms with van der Waals surface area (Å²) in [6, 6.07) is 0.657. The van der Waals surface area contributed by atoms with Crippen molar-refractivity contribution in [1.82, 2.24) is 4.90 Å². The maximum Gasteiger partial charge on any atom is 0.303 e. The lowest BCUT2D eigenvalue weighted by Crippen LogP contribution is -2.42. The number of likely N-dealkylation sites (tertiary alicyclic amines) is 1. The zero-order valence-electron chi connectivity index (χ0n) is 10.2. The van der Waals surface area contributed by atoms with E-state index in [1.807, 2.05) is 0 Å². The summed E-state index contributed by atoms with van der Waals surface area (Å²) in [4.78, 5) is 13.2. The molecule has 2 aliphatic rings. The molecular formula is C13H23NO2. The van der Waals surface area contributed by atoms with E-state index in [1.165, 1.54) is 32.2 Å². The molecule has 1 saturated heterocycles. The van der Waals surface area contributed by atoms with Crippen LogP contribution in [-0.2, 0) is 4.79 Å². The molecule has 0 bridgehead atoms. The Morgan fingerprint density at radius 2 is 2.12 bits per heavy atom. The Morgan fingerprint density at radius 3 is 2.75 bits per heavy atom. The fourth-order valence-electron chi connectivity index (χ4n) is 2.90. The van der Waals surface area contributed by atoms with Crippen molar-refractivity contribution in [3.05, 3.63) is 0 Å². The maximum atomic E-state index is 10.7. The summed E-state index contributed by atoms with van der Waals surface area (Å²) < 4.78 is 0. The second-order valence-electron chi connectivity index (χ2n) is 5.63. The molecule has 0 amide bonds. The molecule has 1 heterocycles. The highest BCUT2D eigenvalue weighted by atomic mass is 16.4. The molecule has 1 aliphatic carbocycles. The van der Waals surface area contributed by atoms with Gasteiger partial charge in [0.05, 0.1) is 0 Å². The molecule has 0 radical (unpaired) electrons. The van der Waals surface area contributed by atoms with Crippen molar-refractivity contribution >= 4 is 5.97 Å². The topological polar surface area (TPSA) is 40.5 Å². The molecule has 1 aliphatic heterocycles. The number of hydrogen-bond acceptors (Lipinski definition) is 2. The highest BCUT2D eigenvalue weighted by Gasteiger charge is 2.29. The van der Waals surface area contributed by atoms with E-state index < -0.39 is 5.97 Å². The maximum absolute atomic E-state index is 10.7. The van der Waals surface area contributed by atoms with Gasteiger partial charge in [0.25, 0.3) is 0 Å². The van der Waals surface area contributed by atoms with Crippen LogP contribution in [0.25, 0.3) is 0 Å². The van der Waals surface area contributed by atoms with Gasteiger partial charge in [0.2, 0.25) is 0 Å². The monoisotopic (exact) mass is 225 g/mol. The van der Waals surface area contributed by atoms with Gasteiger partial charge in [-0.25, -0.2) is 0 Å². The van der Waals surface area contributed by atoms with Gasteiger partial charge in [-0.1, -0.05) is 12.8 Å². The van der Waals surface area contributed by atoms with Gasteiger partial charge in [0.15, 0.2) is 0 Å². The zero-order chi connectivity index (χ0) is 11.5. The van der Waals surface area contributed by atoms with Crippen molar-refractivity contribution in [2.75, 3.05) is 13.1 Å². The molecule has 0 aromatic heterocycles. The van der Waals surface area contributed by atoms with Crippen LogP contribution >= 0.6 is 0 Å². The third-order valence-corrected chi connectivity index (χ3v) is 4.01. The molecule has 3 heteroatoms. The van der Waals surface area contributed by atoms with Gasteiger partial charge >= 0.3 is 5.97 Å². The van der Waals surface area contributed by atoms with Crippen molar-refractivity contribution in [3.8, 4) is 0 Å². The molecule has 16 heavy (non-hydrogen) atoms. The first kappa shape index (κ1) is 11.9. The minimum atomic E-state index is -0.637. The molecule has 0 aromatic carbocycles. The number of carbonyl (C=O) groups is 1. The van der Waals surface area contributed by atoms with Crippen molar-refractivity contribution in [2.45, 2.75) is 51.5 Å². The Bertz CT molecular complexity index is 250. The number of hydrogen-bond donors (Lipinski definition) is 1. The quantitative estimate of drug-likeness (QED) is 0.781. The first-order valence-electron chi connectivity index (χ1n) is 6.61. The van der Waals surface area contributed by atoms with E-state index in [1.54, 1.807) is 0 Å². The summed E-state index contributed by atoms with van der Waals surface area (Å²) >= 11 is 0. The van der Waals surface area contributed by atoms with Gasteiger partial charge in [0, 0.05) is 19.0 Å². The molecule has 3 nitrogen and oxygen atoms in total. The normalized spacial score (nSPS) is 28.9. The van der Waals surface area contributed by atoms with Crippen molar-refractivity contribution in [1.29, 1.82) is 0 Å². The number of aliphatic carboxylic acids is 1. The third kappa shape index (κ3) is 3.48. The summed E-state index contributed by atoms with van der Waals surface area (Å²) in [6.07, 6.45) is 6.77. The largest absolute Gasteiger partial charge is 0.481 e. The summed E-state index contributed by atoms with van der Waals surface area (Å²) in [5, 5.41) is 8.83. The fraction of sp³-hybridized carbons (Fsp3) is 0.923. The van der Waals surface area contributed by atoms with Gasteiger partial charge in [-0.3, -0.25) is 4.79 Å². The lowest BCUT2D eigenvalue weighted by Gasteiger charge is -2.36. The molecule has 0 aromatic rings. The van der Waals surface area contributed by atoms with Gasteiger partial charge in [-0.15, -0.1) is 0 Å². The van der Waals surface area contributed by atoms with Crippen LogP contribution < -0.4 is 0 Å². The van der Waals surface area contributed by atoms with Crippen LogP contribution in [0.5, 0.6) is 0 Å². The number of rotatable bonds is 5. The Balaban J connectivity index is 1.77. The minimum Gasteiger partial charge on any atom is -0.481 e. The van der Waals surface area contributed by atoms with E-state index >= 15 is 0 Å². The smallest absolute Gasteiger partial charge is 0.303 e. The molecule has 2 atom stereocenters. The number of carboxylic acids is 1. The van der Waals surface area contributed by atoms with Gasteiger partial charge in [0.1, 0.15) is 0 Å². The molecule has 1 saturated carbocycles. The van der Waals surface area contributed by atoms with Crippen molar-refractivity contribution < 1.29 is 9.90 Å². The van der Waals surface area contributed by atoms with Crippen LogP contribution in [0, 0.1) is 11.8 Å². The number of nitrogens with zero attached hydrogens (tertiary/aromatic N) is 1. The Hall–Kier alpha value is -0.570. The number of piperidine rings is 1. The van der Waals surface area contributed by atoms with Crippen LogP contribution in [0.3, 0.4) is 0 Å². The summed E-state index contributed by atoms with van der Waals surface area (Å²) in [5.41, 5.74) is 0. The zero-order valence-corrected chi connectivity index (χ0v) is 10.2. The van der Waals surface area contributed by atoms with Crippen molar-refractivity contribution in [2.24, 2.45) is 11.8 Å². The van der Waals surface area contributed by atoms with E-state index in [4.69, 9.17) is 5.11 Å². The second kappa shape index (κ2) is 5.17. The first-order chi connectivity index (χ1) is 7.65. The van der Waals surface area contributed by atoms with E-state index in [0.29, 0.717) is 18.4 Å². The minimum absolute atomic E-state index is 0.354. The third-order valence-electron chi connectivity index (χ3n) is 4.01.